The van der Waals surface area contributed by atoms with Gasteiger partial charge in [0.05, 0.1) is 12.5 Å². The summed E-state index contributed by atoms with van der Waals surface area (Å²) in [6.07, 6.45) is 2.03. The average molecular weight is 410 g/mol. The van der Waals surface area contributed by atoms with Gasteiger partial charge in [-0.3, -0.25) is 9.59 Å². The summed E-state index contributed by atoms with van der Waals surface area (Å²) in [4.78, 5) is 27.0. The van der Waals surface area contributed by atoms with Crippen LogP contribution in [0, 0.1) is 5.82 Å². The number of amides is 2. The molecular weight excluding hydrogens is 391 g/mol. The van der Waals surface area contributed by atoms with Crippen LogP contribution in [-0.4, -0.2) is 33.5 Å². The number of benzene rings is 2. The van der Waals surface area contributed by atoms with Crippen LogP contribution >= 0.6 is 11.3 Å². The zero-order valence-electron chi connectivity index (χ0n) is 15.5. The van der Waals surface area contributed by atoms with E-state index in [4.69, 9.17) is 0 Å². The predicted molar refractivity (Wildman–Crippen MR) is 108 cm³/mol. The molecule has 1 atom stereocenters. The molecule has 1 fully saturated rings. The zero-order chi connectivity index (χ0) is 20.2. The van der Waals surface area contributed by atoms with Crippen LogP contribution in [0.3, 0.4) is 0 Å². The molecule has 6 nitrogen and oxygen atoms in total. The summed E-state index contributed by atoms with van der Waals surface area (Å²) < 4.78 is 13.0. The first kappa shape index (κ1) is 19.2. The molecule has 3 aromatic rings. The second-order valence-electron chi connectivity index (χ2n) is 6.81. The summed E-state index contributed by atoms with van der Waals surface area (Å²) in [7, 11) is 0. The van der Waals surface area contributed by atoms with Gasteiger partial charge in [0.25, 0.3) is 5.91 Å². The number of nitrogens with zero attached hydrogens (tertiary/aromatic N) is 3. The molecule has 148 valence electrons. The normalized spacial score (nSPS) is 16.0. The largest absolute Gasteiger partial charge is 0.333 e. The summed E-state index contributed by atoms with van der Waals surface area (Å²) in [5.74, 6) is -0.727. The smallest absolute Gasteiger partial charge is 0.286 e. The Bertz CT molecular complexity index is 1010. The van der Waals surface area contributed by atoms with Crippen LogP contribution in [-0.2, 0) is 11.2 Å². The topological polar surface area (TPSA) is 75.2 Å². The lowest BCUT2D eigenvalue weighted by Crippen LogP contribution is -2.31. The van der Waals surface area contributed by atoms with E-state index in [-0.39, 0.29) is 22.8 Å². The third-order valence-corrected chi connectivity index (χ3v) is 5.82. The van der Waals surface area contributed by atoms with E-state index < -0.39 is 5.91 Å². The predicted octanol–water partition coefficient (Wildman–Crippen LogP) is 3.84. The molecule has 1 aliphatic heterocycles. The van der Waals surface area contributed by atoms with Gasteiger partial charge in [-0.15, -0.1) is 10.2 Å². The Morgan fingerprint density at radius 3 is 2.62 bits per heavy atom. The van der Waals surface area contributed by atoms with Crippen LogP contribution in [0.2, 0.25) is 0 Å². The maximum atomic E-state index is 13.0. The molecule has 1 aromatic heterocycles. The minimum absolute atomic E-state index is 0.0474. The van der Waals surface area contributed by atoms with Gasteiger partial charge < -0.3 is 10.2 Å². The zero-order valence-corrected chi connectivity index (χ0v) is 16.4. The summed E-state index contributed by atoms with van der Waals surface area (Å²) in [5.41, 5.74) is 1.45. The Morgan fingerprint density at radius 2 is 1.86 bits per heavy atom. The summed E-state index contributed by atoms with van der Waals surface area (Å²) in [5, 5.41) is 11.7. The van der Waals surface area contributed by atoms with E-state index in [0.717, 1.165) is 18.4 Å². The quantitative estimate of drug-likeness (QED) is 0.694. The molecule has 1 saturated heterocycles. The molecule has 4 rings (SSSR count). The van der Waals surface area contributed by atoms with Crippen LogP contribution in [0.25, 0.3) is 0 Å². The van der Waals surface area contributed by atoms with Gasteiger partial charge in [-0.25, -0.2) is 4.39 Å². The Labute approximate surface area is 171 Å². The van der Waals surface area contributed by atoms with Crippen molar-refractivity contribution >= 4 is 28.8 Å². The number of carbonyl (C=O) groups is 2. The molecule has 0 radical (unpaired) electrons. The first-order valence-electron chi connectivity index (χ1n) is 9.34. The Morgan fingerprint density at radius 1 is 1.10 bits per heavy atom. The van der Waals surface area contributed by atoms with E-state index in [1.165, 1.54) is 35.6 Å². The molecule has 1 aliphatic rings. The highest BCUT2D eigenvalue weighted by Crippen LogP contribution is 2.34. The highest BCUT2D eigenvalue weighted by Gasteiger charge is 2.33. The Kier molecular flexibility index (Phi) is 5.62. The van der Waals surface area contributed by atoms with Crippen molar-refractivity contribution in [1.82, 2.24) is 15.1 Å². The lowest BCUT2D eigenvalue weighted by atomic mass is 10.1. The maximum Gasteiger partial charge on any atom is 0.286 e. The summed E-state index contributed by atoms with van der Waals surface area (Å²) in [6, 6.07) is 15.0. The van der Waals surface area contributed by atoms with E-state index >= 15 is 0 Å². The molecule has 0 saturated carbocycles. The standard InChI is InChI=1S/C21H19FN4O2S/c22-15-8-10-16(11-9-15)23-19(28)21-25-24-20(29-21)17-7-4-12-26(17)18(27)13-14-5-2-1-3-6-14/h1-3,5-6,8-11,17H,4,7,12-13H2,(H,23,28)/t17-/m0/s1. The number of hydrogen-bond acceptors (Lipinski definition) is 5. The van der Waals surface area contributed by atoms with E-state index in [1.54, 1.807) is 0 Å². The van der Waals surface area contributed by atoms with Gasteiger partial charge in [0.1, 0.15) is 10.8 Å². The van der Waals surface area contributed by atoms with Crippen molar-refractivity contribution in [2.45, 2.75) is 25.3 Å². The van der Waals surface area contributed by atoms with Gasteiger partial charge in [0, 0.05) is 12.2 Å². The third kappa shape index (κ3) is 4.48. The molecule has 0 spiro atoms. The molecule has 1 N–H and O–H groups in total. The number of rotatable bonds is 5. The van der Waals surface area contributed by atoms with Crippen molar-refractivity contribution in [1.29, 1.82) is 0 Å². The average Bonchev–Trinajstić information content (AvgIpc) is 3.40. The number of hydrogen-bond donors (Lipinski definition) is 1. The fraction of sp³-hybridized carbons (Fsp3) is 0.238. The highest BCUT2D eigenvalue weighted by molar-refractivity contribution is 7.13. The van der Waals surface area contributed by atoms with Crippen molar-refractivity contribution in [3.63, 3.8) is 0 Å². The van der Waals surface area contributed by atoms with E-state index in [1.807, 2.05) is 35.2 Å². The number of anilines is 1. The lowest BCUT2D eigenvalue weighted by Gasteiger charge is -2.22. The van der Waals surface area contributed by atoms with Gasteiger partial charge in [0.15, 0.2) is 0 Å². The molecule has 8 heteroatoms. The third-order valence-electron chi connectivity index (χ3n) is 4.79. The van der Waals surface area contributed by atoms with Gasteiger partial charge >= 0.3 is 0 Å². The molecule has 29 heavy (non-hydrogen) atoms. The molecule has 0 bridgehead atoms. The molecule has 2 aromatic carbocycles. The van der Waals surface area contributed by atoms with Crippen LogP contribution in [0.1, 0.15) is 39.3 Å². The number of halogens is 1. The van der Waals surface area contributed by atoms with Crippen LogP contribution in [0.5, 0.6) is 0 Å². The lowest BCUT2D eigenvalue weighted by molar-refractivity contribution is -0.131. The SMILES string of the molecule is O=C(Nc1ccc(F)cc1)c1nnc([C@@H]2CCCN2C(=O)Cc2ccccc2)s1. The summed E-state index contributed by atoms with van der Waals surface area (Å²) >= 11 is 1.19. The van der Waals surface area contributed by atoms with E-state index in [2.05, 4.69) is 15.5 Å². The molecule has 2 heterocycles. The molecule has 2 amide bonds. The monoisotopic (exact) mass is 410 g/mol. The molecular formula is C21H19FN4O2S. The van der Waals surface area contributed by atoms with E-state index in [9.17, 15) is 14.0 Å². The number of nitrogens with one attached hydrogen (secondary N) is 1. The van der Waals surface area contributed by atoms with Gasteiger partial charge in [-0.1, -0.05) is 41.7 Å². The van der Waals surface area contributed by atoms with Gasteiger partial charge in [0.2, 0.25) is 10.9 Å². The van der Waals surface area contributed by atoms with Crippen molar-refractivity contribution in [2.75, 3.05) is 11.9 Å². The Balaban J connectivity index is 1.44. The summed E-state index contributed by atoms with van der Waals surface area (Å²) in [6.45, 7) is 0.674. The van der Waals surface area contributed by atoms with Crippen LogP contribution in [0.15, 0.2) is 54.6 Å². The fourth-order valence-corrected chi connectivity index (χ4v) is 4.26. The second-order valence-corrected chi connectivity index (χ2v) is 7.82. The van der Waals surface area contributed by atoms with Crippen molar-refractivity contribution < 1.29 is 14.0 Å². The number of carbonyl (C=O) groups excluding carboxylic acids is 2. The first-order valence-corrected chi connectivity index (χ1v) is 10.2. The minimum Gasteiger partial charge on any atom is -0.333 e. The van der Waals surface area contributed by atoms with Crippen LogP contribution in [0.4, 0.5) is 10.1 Å². The van der Waals surface area contributed by atoms with E-state index in [0.29, 0.717) is 23.7 Å². The number of likely N-dealkylation sites (tertiary alicyclic amines) is 1. The molecule has 0 unspecified atom stereocenters. The van der Waals surface area contributed by atoms with Gasteiger partial charge in [-0.2, -0.15) is 0 Å². The highest BCUT2D eigenvalue weighted by atomic mass is 32.1. The second kappa shape index (κ2) is 8.48. The van der Waals surface area contributed by atoms with Gasteiger partial charge in [-0.05, 0) is 42.7 Å². The Hall–Kier alpha value is -3.13. The fourth-order valence-electron chi connectivity index (χ4n) is 3.37. The first-order chi connectivity index (χ1) is 14.1. The van der Waals surface area contributed by atoms with Crippen molar-refractivity contribution in [3.05, 3.63) is 76.0 Å². The maximum absolute atomic E-state index is 13.0. The minimum atomic E-state index is -0.402. The number of aromatic nitrogens is 2. The van der Waals surface area contributed by atoms with Crippen molar-refractivity contribution in [2.24, 2.45) is 0 Å². The van der Waals surface area contributed by atoms with Crippen molar-refractivity contribution in [3.8, 4) is 0 Å². The molecule has 0 aliphatic carbocycles. The van der Waals surface area contributed by atoms with Crippen LogP contribution < -0.4 is 5.32 Å².